The Morgan fingerprint density at radius 3 is 2.48 bits per heavy atom. The first-order valence-corrected chi connectivity index (χ1v) is 10.7. The molecule has 7 nitrogen and oxygen atoms in total. The molecule has 2 aromatic rings. The van der Waals surface area contributed by atoms with E-state index in [9.17, 15) is 26.4 Å². The molecule has 0 aliphatic carbocycles. The van der Waals surface area contributed by atoms with Gasteiger partial charge in [-0.25, -0.2) is 12.7 Å². The summed E-state index contributed by atoms with van der Waals surface area (Å²) < 4.78 is 63.3. The molecule has 1 aliphatic heterocycles. The van der Waals surface area contributed by atoms with Crippen molar-refractivity contribution in [1.82, 2.24) is 19.8 Å². The molecule has 29 heavy (non-hydrogen) atoms. The predicted molar refractivity (Wildman–Crippen MR) is 99.6 cm³/mol. The van der Waals surface area contributed by atoms with E-state index in [1.807, 2.05) is 6.07 Å². The number of H-pyrrole nitrogens is 1. The molecular weight excluding hydrogens is 409 g/mol. The summed E-state index contributed by atoms with van der Waals surface area (Å²) in [6.07, 6.45) is -3.44. The van der Waals surface area contributed by atoms with Crippen molar-refractivity contribution in [3.05, 3.63) is 53.3 Å². The quantitative estimate of drug-likeness (QED) is 0.736. The Bertz CT molecular complexity index is 937. The van der Waals surface area contributed by atoms with Gasteiger partial charge in [-0.3, -0.25) is 9.89 Å². The highest BCUT2D eigenvalue weighted by Crippen LogP contribution is 2.29. The first kappa shape index (κ1) is 21.3. The largest absolute Gasteiger partial charge is 0.405 e. The molecule has 1 fully saturated rings. The van der Waals surface area contributed by atoms with Crippen LogP contribution in [0.25, 0.3) is 0 Å². The summed E-state index contributed by atoms with van der Waals surface area (Å²) in [5.74, 6) is -1.02. The summed E-state index contributed by atoms with van der Waals surface area (Å²) >= 11 is 0. The van der Waals surface area contributed by atoms with Gasteiger partial charge in [0.2, 0.25) is 10.0 Å². The summed E-state index contributed by atoms with van der Waals surface area (Å²) in [6, 6.07) is 10.4. The first-order valence-electron chi connectivity index (χ1n) is 9.06. The number of nitrogens with zero attached hydrogens (tertiary/aromatic N) is 2. The Hall–Kier alpha value is -2.40. The molecule has 0 radical (unpaired) electrons. The fourth-order valence-electron chi connectivity index (χ4n) is 3.25. The van der Waals surface area contributed by atoms with Gasteiger partial charge in [0.1, 0.15) is 12.2 Å². The van der Waals surface area contributed by atoms with E-state index in [4.69, 9.17) is 0 Å². The second-order valence-electron chi connectivity index (χ2n) is 6.92. The number of halogens is 3. The molecule has 0 spiro atoms. The minimum Gasteiger partial charge on any atom is -0.342 e. The number of sulfonamides is 1. The minimum atomic E-state index is -4.49. The molecule has 1 aliphatic rings. The van der Waals surface area contributed by atoms with Crippen molar-refractivity contribution >= 4 is 15.9 Å². The van der Waals surface area contributed by atoms with Crippen molar-refractivity contribution in [2.45, 2.75) is 30.7 Å². The summed E-state index contributed by atoms with van der Waals surface area (Å²) in [4.78, 5) is 11.8. The summed E-state index contributed by atoms with van der Waals surface area (Å²) in [7, 11) is -3.43. The van der Waals surface area contributed by atoms with E-state index in [1.165, 1.54) is 10.4 Å². The van der Waals surface area contributed by atoms with E-state index in [1.54, 1.807) is 29.6 Å². The third-order valence-electron chi connectivity index (χ3n) is 4.76. The Morgan fingerprint density at radius 2 is 1.86 bits per heavy atom. The lowest BCUT2D eigenvalue weighted by molar-refractivity contribution is -0.123. The fraction of sp³-hybridized carbons (Fsp3) is 0.444. The van der Waals surface area contributed by atoms with Crippen LogP contribution in [-0.2, 0) is 15.8 Å². The van der Waals surface area contributed by atoms with Gasteiger partial charge >= 0.3 is 6.18 Å². The van der Waals surface area contributed by atoms with Crippen LogP contribution in [0.1, 0.15) is 40.5 Å². The fourth-order valence-corrected chi connectivity index (χ4v) is 4.82. The number of carbonyl (C=O) groups excluding carboxylic acids is 1. The van der Waals surface area contributed by atoms with Crippen LogP contribution in [0.5, 0.6) is 0 Å². The number of amides is 1. The van der Waals surface area contributed by atoms with Crippen LogP contribution in [0, 0.1) is 0 Å². The second kappa shape index (κ2) is 8.54. The molecule has 3 rings (SSSR count). The smallest absolute Gasteiger partial charge is 0.342 e. The molecule has 2 N–H and O–H groups in total. The third kappa shape index (κ3) is 5.80. The number of hydrogen-bond donors (Lipinski definition) is 2. The van der Waals surface area contributed by atoms with Crippen molar-refractivity contribution in [1.29, 1.82) is 0 Å². The summed E-state index contributed by atoms with van der Waals surface area (Å²) in [5.41, 5.74) is 1.21. The van der Waals surface area contributed by atoms with Crippen LogP contribution in [-0.4, -0.2) is 54.6 Å². The Balaban J connectivity index is 1.56. The third-order valence-corrected chi connectivity index (χ3v) is 6.61. The monoisotopic (exact) mass is 430 g/mol. The molecule has 1 saturated heterocycles. The normalized spacial score (nSPS) is 16.7. The molecular formula is C18H21F3N4O3S. The van der Waals surface area contributed by atoms with Crippen LogP contribution in [0.4, 0.5) is 13.2 Å². The lowest BCUT2D eigenvalue weighted by Crippen LogP contribution is -2.38. The Labute approximate surface area is 166 Å². The van der Waals surface area contributed by atoms with Gasteiger partial charge in [-0.2, -0.15) is 18.3 Å². The molecule has 1 amide bonds. The Morgan fingerprint density at radius 1 is 1.21 bits per heavy atom. The number of nitrogens with one attached hydrogen (secondary N) is 2. The SMILES string of the molecule is O=C(NCC(F)(F)F)c1cc(C2CCN(S(=O)(=O)Cc3ccccc3)CC2)[nH]n1. The first-order chi connectivity index (χ1) is 13.6. The number of rotatable bonds is 6. The highest BCUT2D eigenvalue weighted by molar-refractivity contribution is 7.88. The lowest BCUT2D eigenvalue weighted by Gasteiger charge is -2.30. The molecule has 1 aromatic carbocycles. The van der Waals surface area contributed by atoms with Crippen LogP contribution >= 0.6 is 0 Å². The van der Waals surface area contributed by atoms with Crippen molar-refractivity contribution in [2.24, 2.45) is 0 Å². The van der Waals surface area contributed by atoms with Crippen molar-refractivity contribution in [3.8, 4) is 0 Å². The number of aromatic amines is 1. The van der Waals surface area contributed by atoms with Gasteiger partial charge in [0, 0.05) is 24.7 Å². The number of aromatic nitrogens is 2. The molecule has 158 valence electrons. The van der Waals surface area contributed by atoms with Gasteiger partial charge in [-0.05, 0) is 24.5 Å². The van der Waals surface area contributed by atoms with Crippen LogP contribution in [0.15, 0.2) is 36.4 Å². The minimum absolute atomic E-state index is 0.0464. The number of benzene rings is 1. The van der Waals surface area contributed by atoms with Crippen molar-refractivity contribution in [3.63, 3.8) is 0 Å². The standard InChI is InChI=1S/C18H21F3N4O3S/c19-18(20,21)12-22-17(26)16-10-15(23-24-16)14-6-8-25(9-7-14)29(27,28)11-13-4-2-1-3-5-13/h1-5,10,14H,6-9,11-12H2,(H,22,26)(H,23,24). The second-order valence-corrected chi connectivity index (χ2v) is 8.89. The van der Waals surface area contributed by atoms with Gasteiger partial charge in [0.15, 0.2) is 0 Å². The van der Waals surface area contributed by atoms with Gasteiger partial charge in [-0.1, -0.05) is 30.3 Å². The molecule has 11 heteroatoms. The van der Waals surface area contributed by atoms with E-state index >= 15 is 0 Å². The van der Waals surface area contributed by atoms with Gasteiger partial charge in [-0.15, -0.1) is 0 Å². The zero-order valence-corrected chi connectivity index (χ0v) is 16.3. The molecule has 1 aromatic heterocycles. The summed E-state index contributed by atoms with van der Waals surface area (Å²) in [6.45, 7) is -0.769. The molecule has 2 heterocycles. The van der Waals surface area contributed by atoms with Crippen molar-refractivity contribution < 1.29 is 26.4 Å². The maximum atomic E-state index is 12.6. The number of piperidine rings is 1. The number of hydrogen-bond acceptors (Lipinski definition) is 4. The average Bonchev–Trinajstić information content (AvgIpc) is 3.16. The molecule has 0 unspecified atom stereocenters. The van der Waals surface area contributed by atoms with Crippen LogP contribution in [0.3, 0.4) is 0 Å². The zero-order chi connectivity index (χ0) is 21.1. The molecule has 0 atom stereocenters. The number of alkyl halides is 3. The van der Waals surface area contributed by atoms with Crippen LogP contribution < -0.4 is 5.32 Å². The Kier molecular flexibility index (Phi) is 6.27. The zero-order valence-electron chi connectivity index (χ0n) is 15.4. The highest BCUT2D eigenvalue weighted by Gasteiger charge is 2.31. The molecule has 0 bridgehead atoms. The topological polar surface area (TPSA) is 95.2 Å². The van der Waals surface area contributed by atoms with E-state index in [0.29, 0.717) is 31.6 Å². The van der Waals surface area contributed by atoms with E-state index in [2.05, 4.69) is 10.2 Å². The van der Waals surface area contributed by atoms with Gasteiger partial charge in [0.05, 0.1) is 5.75 Å². The number of carbonyl (C=O) groups is 1. The maximum Gasteiger partial charge on any atom is 0.405 e. The van der Waals surface area contributed by atoms with E-state index < -0.39 is 28.7 Å². The highest BCUT2D eigenvalue weighted by atomic mass is 32.2. The maximum absolute atomic E-state index is 12.6. The van der Waals surface area contributed by atoms with Crippen LogP contribution in [0.2, 0.25) is 0 Å². The molecule has 0 saturated carbocycles. The van der Waals surface area contributed by atoms with E-state index in [0.717, 1.165) is 5.56 Å². The lowest BCUT2D eigenvalue weighted by atomic mass is 9.94. The van der Waals surface area contributed by atoms with Gasteiger partial charge in [0.25, 0.3) is 5.91 Å². The predicted octanol–water partition coefficient (Wildman–Crippen LogP) is 2.41. The summed E-state index contributed by atoms with van der Waals surface area (Å²) in [5, 5.41) is 8.24. The van der Waals surface area contributed by atoms with E-state index in [-0.39, 0.29) is 17.4 Å². The average molecular weight is 430 g/mol. The van der Waals surface area contributed by atoms with Gasteiger partial charge < -0.3 is 5.32 Å². The van der Waals surface area contributed by atoms with Crippen molar-refractivity contribution in [2.75, 3.05) is 19.6 Å².